The van der Waals surface area contributed by atoms with Crippen LogP contribution in [0.2, 0.25) is 0 Å². The Morgan fingerprint density at radius 1 is 0.971 bits per heavy atom. The molecule has 1 aliphatic heterocycles. The highest BCUT2D eigenvalue weighted by Crippen LogP contribution is 2.20. The van der Waals surface area contributed by atoms with Crippen molar-refractivity contribution in [1.29, 1.82) is 0 Å². The number of aryl methyl sites for hydroxylation is 1. The van der Waals surface area contributed by atoms with Gasteiger partial charge in [0, 0.05) is 18.6 Å². The smallest absolute Gasteiger partial charge is 0.246 e. The normalized spacial score (nSPS) is 17.8. The van der Waals surface area contributed by atoms with Gasteiger partial charge in [0.1, 0.15) is 17.5 Å². The van der Waals surface area contributed by atoms with E-state index in [1.807, 2.05) is 72.8 Å². The topological polar surface area (TPSA) is 108 Å². The number of rotatable bonds is 11. The minimum atomic E-state index is -0.823. The lowest BCUT2D eigenvalue weighted by Crippen LogP contribution is -2.69. The minimum Gasteiger partial charge on any atom is -0.396 e. The Labute approximate surface area is 208 Å². The Morgan fingerprint density at radius 3 is 2.46 bits per heavy atom. The summed E-state index contributed by atoms with van der Waals surface area (Å²) in [4.78, 5) is 38.1. The fourth-order valence-electron chi connectivity index (χ4n) is 4.05. The van der Waals surface area contributed by atoms with Gasteiger partial charge < -0.3 is 21.1 Å². The van der Waals surface area contributed by atoms with Gasteiger partial charge in [-0.3, -0.25) is 14.4 Å². The third kappa shape index (κ3) is 6.61. The third-order valence-corrected chi connectivity index (χ3v) is 7.11. The molecule has 0 spiro atoms. The van der Waals surface area contributed by atoms with E-state index in [4.69, 9.17) is 5.11 Å². The largest absolute Gasteiger partial charge is 0.396 e. The molecule has 1 unspecified atom stereocenters. The summed E-state index contributed by atoms with van der Waals surface area (Å²) in [5.41, 5.74) is 1.96. The molecule has 0 radical (unpaired) electrons. The summed E-state index contributed by atoms with van der Waals surface area (Å²) in [5, 5.41) is 19.3. The molecular weight excluding hydrogens is 462 g/mol. The number of β-lactam (4-membered cyclic amide) rings is 1. The second-order valence-corrected chi connectivity index (χ2v) is 9.75. The van der Waals surface area contributed by atoms with Gasteiger partial charge in [-0.25, -0.2) is 0 Å². The van der Waals surface area contributed by atoms with E-state index in [1.165, 1.54) is 11.8 Å². The molecule has 3 atom stereocenters. The lowest BCUT2D eigenvalue weighted by molar-refractivity contribution is -0.135. The zero-order chi connectivity index (χ0) is 24.6. The van der Waals surface area contributed by atoms with Crippen LogP contribution in [0.4, 0.5) is 0 Å². The number of fused-ring (bicyclic) bond motifs is 1. The van der Waals surface area contributed by atoms with Crippen molar-refractivity contribution in [1.82, 2.24) is 16.0 Å². The lowest BCUT2D eigenvalue weighted by Gasteiger charge is -2.37. The molecule has 0 aromatic heterocycles. The SMILES string of the molecule is O=C(CCc1ccccc1)N[C@@H](Cc1ccc2ccccc2c1)C(=O)N[C@H]1C(=O)NC1SCCO. The number of aliphatic hydroxyl groups excluding tert-OH is 1. The first-order valence-electron chi connectivity index (χ1n) is 11.7. The first kappa shape index (κ1) is 24.8. The van der Waals surface area contributed by atoms with Crippen LogP contribution < -0.4 is 16.0 Å². The van der Waals surface area contributed by atoms with Gasteiger partial charge in [-0.2, -0.15) is 0 Å². The van der Waals surface area contributed by atoms with Crippen molar-refractivity contribution in [3.63, 3.8) is 0 Å². The number of hydrogen-bond donors (Lipinski definition) is 4. The van der Waals surface area contributed by atoms with E-state index in [1.54, 1.807) is 0 Å². The van der Waals surface area contributed by atoms with Crippen molar-refractivity contribution >= 4 is 40.3 Å². The fraction of sp³-hybridized carbons (Fsp3) is 0.296. The van der Waals surface area contributed by atoms with Crippen LogP contribution in [0.15, 0.2) is 72.8 Å². The highest BCUT2D eigenvalue weighted by atomic mass is 32.2. The van der Waals surface area contributed by atoms with Gasteiger partial charge in [0.05, 0.1) is 6.61 Å². The molecule has 0 bridgehead atoms. The molecule has 0 saturated carbocycles. The van der Waals surface area contributed by atoms with Crippen LogP contribution in [0.1, 0.15) is 17.5 Å². The molecule has 182 valence electrons. The number of thioether (sulfide) groups is 1. The molecule has 0 aliphatic carbocycles. The van der Waals surface area contributed by atoms with Crippen molar-refractivity contribution in [2.45, 2.75) is 36.7 Å². The second-order valence-electron chi connectivity index (χ2n) is 8.50. The van der Waals surface area contributed by atoms with E-state index in [2.05, 4.69) is 16.0 Å². The molecule has 4 N–H and O–H groups in total. The summed E-state index contributed by atoms with van der Waals surface area (Å²) >= 11 is 1.37. The van der Waals surface area contributed by atoms with E-state index in [9.17, 15) is 14.4 Å². The van der Waals surface area contributed by atoms with Crippen molar-refractivity contribution in [2.75, 3.05) is 12.4 Å². The predicted octanol–water partition coefficient (Wildman–Crippen LogP) is 2.17. The van der Waals surface area contributed by atoms with E-state index in [0.717, 1.165) is 21.9 Å². The standard InChI is InChI=1S/C27H29N3O4S/c31-14-15-35-27-24(26(34)30-27)29-25(33)22(28-23(32)13-11-18-6-2-1-3-7-18)17-19-10-12-20-8-4-5-9-21(20)16-19/h1-10,12,16,22,24,27,31H,11,13-15,17H2,(H,28,32)(H,29,33)(H,30,34)/t22-,24-,27?/m0/s1. The first-order valence-corrected chi connectivity index (χ1v) is 12.7. The molecule has 3 aromatic rings. The first-order chi connectivity index (χ1) is 17.0. The molecule has 1 heterocycles. The van der Waals surface area contributed by atoms with Crippen LogP contribution in [-0.2, 0) is 27.2 Å². The number of nitrogens with one attached hydrogen (secondary N) is 3. The van der Waals surface area contributed by atoms with Crippen LogP contribution >= 0.6 is 11.8 Å². The van der Waals surface area contributed by atoms with E-state index >= 15 is 0 Å². The van der Waals surface area contributed by atoms with Crippen molar-refractivity contribution in [3.05, 3.63) is 83.9 Å². The Bertz CT molecular complexity index is 1190. The van der Waals surface area contributed by atoms with Gasteiger partial charge in [-0.1, -0.05) is 72.8 Å². The Hall–Kier alpha value is -3.36. The maximum atomic E-state index is 13.2. The average Bonchev–Trinajstić information content (AvgIpc) is 2.88. The van der Waals surface area contributed by atoms with Gasteiger partial charge in [-0.15, -0.1) is 11.8 Å². The molecule has 1 saturated heterocycles. The average molecular weight is 492 g/mol. The molecule has 7 nitrogen and oxygen atoms in total. The molecule has 3 amide bonds. The minimum absolute atomic E-state index is 0.0141. The highest BCUT2D eigenvalue weighted by molar-refractivity contribution is 8.00. The molecule has 35 heavy (non-hydrogen) atoms. The Morgan fingerprint density at radius 2 is 1.71 bits per heavy atom. The number of carbonyl (C=O) groups is 3. The molecule has 8 heteroatoms. The monoisotopic (exact) mass is 491 g/mol. The summed E-state index contributed by atoms with van der Waals surface area (Å²) in [5.74, 6) is -0.443. The molecule has 1 aliphatic rings. The molecule has 4 rings (SSSR count). The van der Waals surface area contributed by atoms with Crippen LogP contribution in [0.3, 0.4) is 0 Å². The van der Waals surface area contributed by atoms with Crippen molar-refractivity contribution in [2.24, 2.45) is 0 Å². The van der Waals surface area contributed by atoms with Gasteiger partial charge >= 0.3 is 0 Å². The van der Waals surface area contributed by atoms with Crippen LogP contribution in [0.25, 0.3) is 10.8 Å². The van der Waals surface area contributed by atoms with Gasteiger partial charge in [0.15, 0.2) is 0 Å². The number of benzene rings is 3. The zero-order valence-corrected chi connectivity index (χ0v) is 20.1. The summed E-state index contributed by atoms with van der Waals surface area (Å²) in [7, 11) is 0. The summed E-state index contributed by atoms with van der Waals surface area (Å²) < 4.78 is 0. The Kier molecular flexibility index (Phi) is 8.39. The highest BCUT2D eigenvalue weighted by Gasteiger charge is 2.41. The summed E-state index contributed by atoms with van der Waals surface area (Å²) in [6, 6.07) is 22.1. The maximum absolute atomic E-state index is 13.2. The quantitative estimate of drug-likeness (QED) is 0.308. The summed E-state index contributed by atoms with van der Waals surface area (Å²) in [6.45, 7) is -0.0141. The molecule has 1 fully saturated rings. The van der Waals surface area contributed by atoms with E-state index < -0.39 is 18.0 Å². The number of aliphatic hydroxyl groups is 1. The second kappa shape index (κ2) is 11.9. The van der Waals surface area contributed by atoms with E-state index in [-0.39, 0.29) is 30.2 Å². The lowest BCUT2D eigenvalue weighted by atomic mass is 10.00. The van der Waals surface area contributed by atoms with Crippen LogP contribution in [0, 0.1) is 0 Å². The molecular formula is C27H29N3O4S. The summed E-state index contributed by atoms with van der Waals surface area (Å²) in [6.07, 6.45) is 1.13. The number of carbonyl (C=O) groups excluding carboxylic acids is 3. The number of amides is 3. The van der Waals surface area contributed by atoms with Crippen molar-refractivity contribution < 1.29 is 19.5 Å². The fourth-order valence-corrected chi connectivity index (χ4v) is 4.99. The van der Waals surface area contributed by atoms with Gasteiger partial charge in [0.25, 0.3) is 0 Å². The van der Waals surface area contributed by atoms with E-state index in [0.29, 0.717) is 18.6 Å². The predicted molar refractivity (Wildman–Crippen MR) is 138 cm³/mol. The van der Waals surface area contributed by atoms with Crippen LogP contribution in [0.5, 0.6) is 0 Å². The van der Waals surface area contributed by atoms with Crippen LogP contribution in [-0.4, -0.2) is 52.6 Å². The Balaban J connectivity index is 1.45. The third-order valence-electron chi connectivity index (χ3n) is 5.95. The molecule has 3 aromatic carbocycles. The maximum Gasteiger partial charge on any atom is 0.246 e. The zero-order valence-electron chi connectivity index (χ0n) is 19.3. The van der Waals surface area contributed by atoms with Crippen molar-refractivity contribution in [3.8, 4) is 0 Å². The number of hydrogen-bond acceptors (Lipinski definition) is 5. The van der Waals surface area contributed by atoms with Gasteiger partial charge in [-0.05, 0) is 28.3 Å². The van der Waals surface area contributed by atoms with Gasteiger partial charge in [0.2, 0.25) is 17.7 Å².